The smallest absolute Gasteiger partial charge is 0.244 e. The largest absolute Gasteiger partial charge is 0.352 e. The highest BCUT2D eigenvalue weighted by atomic mass is 32.2. The molecule has 196 valence electrons. The predicted molar refractivity (Wildman–Crippen MR) is 144 cm³/mol. The van der Waals surface area contributed by atoms with E-state index in [0.717, 1.165) is 52.9 Å². The second-order valence-electron chi connectivity index (χ2n) is 9.82. The van der Waals surface area contributed by atoms with Crippen LogP contribution in [0.3, 0.4) is 0 Å². The Bertz CT molecular complexity index is 1140. The first-order valence-corrected chi connectivity index (χ1v) is 14.6. The first-order chi connectivity index (χ1) is 17.1. The topological polar surface area (TPSA) is 86.8 Å². The molecule has 1 aliphatic rings. The summed E-state index contributed by atoms with van der Waals surface area (Å²) in [6.07, 6.45) is 6.79. The number of sulfonamides is 1. The second kappa shape index (κ2) is 12.4. The van der Waals surface area contributed by atoms with Gasteiger partial charge in [-0.15, -0.1) is 0 Å². The van der Waals surface area contributed by atoms with E-state index in [2.05, 4.69) is 5.32 Å². The van der Waals surface area contributed by atoms with Crippen molar-refractivity contribution in [3.63, 3.8) is 0 Å². The van der Waals surface area contributed by atoms with Crippen LogP contribution in [0, 0.1) is 13.8 Å². The molecule has 0 heterocycles. The molecular weight excluding hydrogens is 474 g/mol. The summed E-state index contributed by atoms with van der Waals surface area (Å²) >= 11 is 0. The maximum Gasteiger partial charge on any atom is 0.244 e. The number of rotatable bonds is 10. The molecule has 7 nitrogen and oxygen atoms in total. The number of amides is 2. The van der Waals surface area contributed by atoms with Crippen molar-refractivity contribution in [1.29, 1.82) is 0 Å². The standard InChI is InChI=1S/C28H39N3O4S/c1-5-26(28(33)29-24-13-7-6-8-14-24)30(19-23-12-10-9-11-22(23)3)27(32)20-31(36(4,34)35)25-17-15-21(2)16-18-25/h9-12,15-18,24,26H,5-8,13-14,19-20H2,1-4H3,(H,29,33)/t26-/m0/s1. The van der Waals surface area contributed by atoms with E-state index in [9.17, 15) is 18.0 Å². The summed E-state index contributed by atoms with van der Waals surface area (Å²) in [7, 11) is -3.73. The van der Waals surface area contributed by atoms with Crippen LogP contribution in [0.4, 0.5) is 5.69 Å². The SMILES string of the molecule is CC[C@@H](C(=O)NC1CCCCC1)N(Cc1ccccc1C)C(=O)CN(c1ccc(C)cc1)S(C)(=O)=O. The number of aryl methyl sites for hydroxylation is 2. The van der Waals surface area contributed by atoms with Gasteiger partial charge in [0.05, 0.1) is 11.9 Å². The van der Waals surface area contributed by atoms with E-state index in [1.165, 1.54) is 6.42 Å². The van der Waals surface area contributed by atoms with Crippen molar-refractivity contribution >= 4 is 27.5 Å². The maximum atomic E-state index is 13.8. The van der Waals surface area contributed by atoms with Gasteiger partial charge in [0.1, 0.15) is 12.6 Å². The van der Waals surface area contributed by atoms with Gasteiger partial charge in [-0.2, -0.15) is 0 Å². The number of carbonyl (C=O) groups excluding carboxylic acids is 2. The van der Waals surface area contributed by atoms with E-state index in [4.69, 9.17) is 0 Å². The Labute approximate surface area is 215 Å². The Morgan fingerprint density at radius 3 is 2.22 bits per heavy atom. The van der Waals surface area contributed by atoms with Gasteiger partial charge in [-0.3, -0.25) is 13.9 Å². The van der Waals surface area contributed by atoms with Gasteiger partial charge in [-0.05, 0) is 56.4 Å². The lowest BCUT2D eigenvalue weighted by Crippen LogP contribution is -2.54. The Balaban J connectivity index is 1.91. The first-order valence-electron chi connectivity index (χ1n) is 12.8. The fourth-order valence-electron chi connectivity index (χ4n) is 4.76. The molecule has 2 aromatic rings. The highest BCUT2D eigenvalue weighted by molar-refractivity contribution is 7.92. The quantitative estimate of drug-likeness (QED) is 0.512. The van der Waals surface area contributed by atoms with Crippen molar-refractivity contribution in [2.45, 2.75) is 77.9 Å². The zero-order chi connectivity index (χ0) is 26.3. The van der Waals surface area contributed by atoms with Gasteiger partial charge in [-0.1, -0.05) is 68.1 Å². The number of anilines is 1. The molecule has 2 aromatic carbocycles. The highest BCUT2D eigenvalue weighted by Gasteiger charge is 2.33. The van der Waals surface area contributed by atoms with Crippen LogP contribution in [0.5, 0.6) is 0 Å². The van der Waals surface area contributed by atoms with Gasteiger partial charge < -0.3 is 10.2 Å². The van der Waals surface area contributed by atoms with Crippen LogP contribution in [0.15, 0.2) is 48.5 Å². The van der Waals surface area contributed by atoms with E-state index in [1.807, 2.05) is 57.2 Å². The summed E-state index contributed by atoms with van der Waals surface area (Å²) in [6, 6.07) is 14.2. The third kappa shape index (κ3) is 7.32. The average molecular weight is 514 g/mol. The Morgan fingerprint density at radius 1 is 1.00 bits per heavy atom. The molecule has 1 aliphatic carbocycles. The first kappa shape index (κ1) is 27.7. The molecule has 0 aliphatic heterocycles. The lowest BCUT2D eigenvalue weighted by atomic mass is 9.95. The van der Waals surface area contributed by atoms with Gasteiger partial charge in [0.25, 0.3) is 0 Å². The Kier molecular flexibility index (Phi) is 9.54. The van der Waals surface area contributed by atoms with Crippen LogP contribution in [-0.4, -0.2) is 50.0 Å². The van der Waals surface area contributed by atoms with Gasteiger partial charge in [0.2, 0.25) is 21.8 Å². The zero-order valence-electron chi connectivity index (χ0n) is 21.9. The number of hydrogen-bond donors (Lipinski definition) is 1. The molecule has 2 amide bonds. The molecule has 0 aromatic heterocycles. The zero-order valence-corrected chi connectivity index (χ0v) is 22.7. The summed E-state index contributed by atoms with van der Waals surface area (Å²) in [5, 5.41) is 3.16. The third-order valence-corrected chi connectivity index (χ3v) is 8.08. The fourth-order valence-corrected chi connectivity index (χ4v) is 5.61. The fraction of sp³-hybridized carbons (Fsp3) is 0.500. The molecule has 1 saturated carbocycles. The summed E-state index contributed by atoms with van der Waals surface area (Å²) in [6.45, 7) is 5.63. The second-order valence-corrected chi connectivity index (χ2v) is 11.7. The minimum Gasteiger partial charge on any atom is -0.352 e. The average Bonchev–Trinajstić information content (AvgIpc) is 2.84. The van der Waals surface area contributed by atoms with Crippen molar-refractivity contribution in [2.75, 3.05) is 17.1 Å². The van der Waals surface area contributed by atoms with E-state index < -0.39 is 22.0 Å². The molecule has 1 fully saturated rings. The minimum atomic E-state index is -3.73. The van der Waals surface area contributed by atoms with Crippen molar-refractivity contribution < 1.29 is 18.0 Å². The van der Waals surface area contributed by atoms with Crippen LogP contribution in [0.2, 0.25) is 0 Å². The van der Waals surface area contributed by atoms with Crippen molar-refractivity contribution in [3.8, 4) is 0 Å². The lowest BCUT2D eigenvalue weighted by Gasteiger charge is -2.34. The van der Waals surface area contributed by atoms with Crippen LogP contribution < -0.4 is 9.62 Å². The number of hydrogen-bond acceptors (Lipinski definition) is 4. The van der Waals surface area contributed by atoms with Crippen LogP contribution in [0.25, 0.3) is 0 Å². The Hall–Kier alpha value is -2.87. The van der Waals surface area contributed by atoms with E-state index >= 15 is 0 Å². The van der Waals surface area contributed by atoms with Crippen molar-refractivity contribution in [2.24, 2.45) is 0 Å². The molecular formula is C28H39N3O4S. The normalized spacial score (nSPS) is 15.2. The number of benzene rings is 2. The summed E-state index contributed by atoms with van der Waals surface area (Å²) < 4.78 is 26.5. The summed E-state index contributed by atoms with van der Waals surface area (Å²) in [5.41, 5.74) is 3.35. The molecule has 0 radical (unpaired) electrons. The maximum absolute atomic E-state index is 13.8. The van der Waals surface area contributed by atoms with Crippen molar-refractivity contribution in [1.82, 2.24) is 10.2 Å². The summed E-state index contributed by atoms with van der Waals surface area (Å²) in [4.78, 5) is 28.8. The Morgan fingerprint density at radius 2 is 1.64 bits per heavy atom. The molecule has 8 heteroatoms. The van der Waals surface area contributed by atoms with E-state index in [-0.39, 0.29) is 25.0 Å². The molecule has 0 spiro atoms. The van der Waals surface area contributed by atoms with E-state index in [0.29, 0.717) is 12.1 Å². The number of nitrogens with zero attached hydrogens (tertiary/aromatic N) is 2. The third-order valence-electron chi connectivity index (χ3n) is 6.94. The van der Waals surface area contributed by atoms with Crippen LogP contribution in [0.1, 0.15) is 62.1 Å². The van der Waals surface area contributed by atoms with Crippen LogP contribution >= 0.6 is 0 Å². The molecule has 0 unspecified atom stereocenters. The lowest BCUT2D eigenvalue weighted by molar-refractivity contribution is -0.140. The number of nitrogens with one attached hydrogen (secondary N) is 1. The molecule has 1 atom stereocenters. The summed E-state index contributed by atoms with van der Waals surface area (Å²) in [5.74, 6) is -0.581. The van der Waals surface area contributed by atoms with Gasteiger partial charge >= 0.3 is 0 Å². The molecule has 0 bridgehead atoms. The molecule has 1 N–H and O–H groups in total. The van der Waals surface area contributed by atoms with E-state index in [1.54, 1.807) is 17.0 Å². The monoisotopic (exact) mass is 513 g/mol. The highest BCUT2D eigenvalue weighted by Crippen LogP contribution is 2.22. The van der Waals surface area contributed by atoms with Crippen molar-refractivity contribution in [3.05, 3.63) is 65.2 Å². The molecule has 0 saturated heterocycles. The number of carbonyl (C=O) groups is 2. The van der Waals surface area contributed by atoms with Gasteiger partial charge in [-0.25, -0.2) is 8.42 Å². The predicted octanol–water partition coefficient (Wildman–Crippen LogP) is 4.33. The van der Waals surface area contributed by atoms with Crippen LogP contribution in [-0.2, 0) is 26.2 Å². The molecule has 3 rings (SSSR count). The molecule has 36 heavy (non-hydrogen) atoms. The van der Waals surface area contributed by atoms with Gasteiger partial charge in [0.15, 0.2) is 0 Å². The van der Waals surface area contributed by atoms with Gasteiger partial charge in [0, 0.05) is 12.6 Å². The minimum absolute atomic E-state index is 0.121.